The molecule has 0 bridgehead atoms. The molecule has 0 fully saturated rings. The Bertz CT molecular complexity index is 209. The zero-order chi connectivity index (χ0) is 8.69. The van der Waals surface area contributed by atoms with Gasteiger partial charge in [0.05, 0.1) is 0 Å². The maximum absolute atomic E-state index is 9.00. The first-order valence-corrected chi connectivity index (χ1v) is 3.67. The van der Waals surface area contributed by atoms with Crippen LogP contribution in [0.25, 0.3) is 0 Å². The zero-order valence-electron chi connectivity index (χ0n) is 5.83. The Morgan fingerprint density at radius 1 is 1.18 bits per heavy atom. The number of primary amides is 2. The molecule has 0 saturated heterocycles. The van der Waals surface area contributed by atoms with Gasteiger partial charge in [-0.3, -0.25) is 0 Å². The number of benzene rings is 1. The Morgan fingerprint density at radius 3 is 1.73 bits per heavy atom. The van der Waals surface area contributed by atoms with E-state index in [0.717, 1.165) is 4.47 Å². The number of halogens is 1. The Hall–Kier alpha value is -1.03. The molecule has 2 amide bonds. The first kappa shape index (κ1) is 9.97. The van der Waals surface area contributed by atoms with E-state index in [2.05, 4.69) is 27.4 Å². The maximum Gasteiger partial charge on any atom is 0.309 e. The largest absolute Gasteiger partial charge is 0.352 e. The fourth-order valence-electron chi connectivity index (χ4n) is 0.415. The first-order chi connectivity index (χ1) is 5.13. The standard InChI is InChI=1S/C6H5Br.CH4N2O/c7-6-4-2-1-3-5-6;2-1(3)4/h1-5H;(H4,2,3,4). The molecule has 1 aromatic rings. The molecule has 0 aromatic heterocycles. The number of hydrogen-bond donors (Lipinski definition) is 2. The second-order valence-electron chi connectivity index (χ2n) is 1.70. The van der Waals surface area contributed by atoms with Gasteiger partial charge >= 0.3 is 6.03 Å². The van der Waals surface area contributed by atoms with E-state index < -0.39 is 6.03 Å². The van der Waals surface area contributed by atoms with Crippen molar-refractivity contribution in [2.45, 2.75) is 0 Å². The number of carbonyl (C=O) groups is 1. The van der Waals surface area contributed by atoms with E-state index in [1.807, 2.05) is 30.3 Å². The number of amides is 2. The number of nitrogens with two attached hydrogens (primary N) is 2. The third-order valence-corrected chi connectivity index (χ3v) is 1.26. The number of carbonyl (C=O) groups excluding carboxylic acids is 1. The van der Waals surface area contributed by atoms with Crippen LogP contribution in [0.15, 0.2) is 34.8 Å². The maximum atomic E-state index is 9.00. The monoisotopic (exact) mass is 216 g/mol. The normalized spacial score (nSPS) is 7.73. The summed E-state index contributed by atoms with van der Waals surface area (Å²) in [6.07, 6.45) is 0. The summed E-state index contributed by atoms with van der Waals surface area (Å²) in [5.41, 5.74) is 8.50. The molecular formula is C7H9BrN2O. The molecule has 0 saturated carbocycles. The molecule has 0 aliphatic carbocycles. The predicted molar refractivity (Wildman–Crippen MR) is 47.9 cm³/mol. The van der Waals surface area contributed by atoms with Crippen LogP contribution in [-0.4, -0.2) is 6.03 Å². The third kappa shape index (κ3) is 8.97. The Kier molecular flexibility index (Phi) is 5.20. The summed E-state index contributed by atoms with van der Waals surface area (Å²) in [7, 11) is 0. The molecule has 0 aliphatic heterocycles. The fraction of sp³-hybridized carbons (Fsp3) is 0. The van der Waals surface area contributed by atoms with E-state index in [9.17, 15) is 0 Å². The van der Waals surface area contributed by atoms with Gasteiger partial charge in [0.2, 0.25) is 0 Å². The minimum Gasteiger partial charge on any atom is -0.352 e. The lowest BCUT2D eigenvalue weighted by Crippen LogP contribution is -2.18. The predicted octanol–water partition coefficient (Wildman–Crippen LogP) is 1.47. The molecule has 1 rings (SSSR count). The molecule has 0 heterocycles. The smallest absolute Gasteiger partial charge is 0.309 e. The van der Waals surface area contributed by atoms with E-state index in [-0.39, 0.29) is 0 Å². The van der Waals surface area contributed by atoms with Gasteiger partial charge in [-0.2, -0.15) is 0 Å². The average molecular weight is 217 g/mol. The molecule has 0 radical (unpaired) electrons. The number of urea groups is 1. The minimum absolute atomic E-state index is 0.833. The molecule has 0 aliphatic rings. The number of hydrogen-bond acceptors (Lipinski definition) is 1. The van der Waals surface area contributed by atoms with E-state index in [0.29, 0.717) is 0 Å². The fourth-order valence-corrected chi connectivity index (χ4v) is 0.720. The van der Waals surface area contributed by atoms with Crippen LogP contribution >= 0.6 is 15.9 Å². The molecule has 60 valence electrons. The van der Waals surface area contributed by atoms with Gasteiger partial charge in [0.1, 0.15) is 0 Å². The minimum atomic E-state index is -0.833. The first-order valence-electron chi connectivity index (χ1n) is 2.88. The molecular weight excluding hydrogens is 208 g/mol. The second-order valence-corrected chi connectivity index (χ2v) is 2.61. The van der Waals surface area contributed by atoms with Gasteiger partial charge < -0.3 is 11.5 Å². The molecule has 0 atom stereocenters. The molecule has 0 spiro atoms. The van der Waals surface area contributed by atoms with Crippen LogP contribution in [0.4, 0.5) is 4.79 Å². The summed E-state index contributed by atoms with van der Waals surface area (Å²) in [5, 5.41) is 0. The van der Waals surface area contributed by atoms with Crippen molar-refractivity contribution in [1.82, 2.24) is 0 Å². The van der Waals surface area contributed by atoms with Crippen molar-refractivity contribution in [2.75, 3.05) is 0 Å². The number of rotatable bonds is 0. The molecule has 11 heavy (non-hydrogen) atoms. The highest BCUT2D eigenvalue weighted by atomic mass is 79.9. The van der Waals surface area contributed by atoms with Crippen LogP contribution < -0.4 is 11.5 Å². The van der Waals surface area contributed by atoms with Crippen molar-refractivity contribution in [3.8, 4) is 0 Å². The highest BCUT2D eigenvalue weighted by Crippen LogP contribution is 2.05. The van der Waals surface area contributed by atoms with Gasteiger partial charge in [-0.15, -0.1) is 0 Å². The van der Waals surface area contributed by atoms with Gasteiger partial charge in [0, 0.05) is 4.47 Å². The van der Waals surface area contributed by atoms with Gasteiger partial charge in [0.25, 0.3) is 0 Å². The van der Waals surface area contributed by atoms with E-state index >= 15 is 0 Å². The highest BCUT2D eigenvalue weighted by Gasteiger charge is 1.74. The van der Waals surface area contributed by atoms with Crippen LogP contribution in [0, 0.1) is 0 Å². The van der Waals surface area contributed by atoms with E-state index in [1.165, 1.54) is 0 Å². The van der Waals surface area contributed by atoms with E-state index in [1.54, 1.807) is 0 Å². The molecule has 4 N–H and O–H groups in total. The average Bonchev–Trinajstić information content (AvgIpc) is 1.87. The topological polar surface area (TPSA) is 69.1 Å². The molecule has 1 aromatic carbocycles. The van der Waals surface area contributed by atoms with Crippen molar-refractivity contribution < 1.29 is 4.79 Å². The Labute approximate surface area is 73.5 Å². The SMILES string of the molecule is Brc1ccccc1.NC(N)=O. The summed E-state index contributed by atoms with van der Waals surface area (Å²) in [6.45, 7) is 0. The summed E-state index contributed by atoms with van der Waals surface area (Å²) in [4.78, 5) is 9.00. The lowest BCUT2D eigenvalue weighted by molar-refractivity contribution is 0.256. The summed E-state index contributed by atoms with van der Waals surface area (Å²) >= 11 is 3.31. The zero-order valence-corrected chi connectivity index (χ0v) is 7.41. The van der Waals surface area contributed by atoms with Crippen LogP contribution in [-0.2, 0) is 0 Å². The van der Waals surface area contributed by atoms with Crippen LogP contribution in [0.5, 0.6) is 0 Å². The molecule has 0 unspecified atom stereocenters. The summed E-state index contributed by atoms with van der Waals surface area (Å²) in [5.74, 6) is 0. The second kappa shape index (κ2) is 5.73. The van der Waals surface area contributed by atoms with Crippen molar-refractivity contribution in [2.24, 2.45) is 11.5 Å². The summed E-state index contributed by atoms with van der Waals surface area (Å²) < 4.78 is 1.13. The van der Waals surface area contributed by atoms with Crippen LogP contribution in [0.3, 0.4) is 0 Å². The molecule has 3 nitrogen and oxygen atoms in total. The third-order valence-electron chi connectivity index (χ3n) is 0.733. The van der Waals surface area contributed by atoms with Gasteiger partial charge in [-0.05, 0) is 12.1 Å². The quantitative estimate of drug-likeness (QED) is 0.678. The van der Waals surface area contributed by atoms with Crippen LogP contribution in [0.1, 0.15) is 0 Å². The van der Waals surface area contributed by atoms with Gasteiger partial charge in [0.15, 0.2) is 0 Å². The highest BCUT2D eigenvalue weighted by molar-refractivity contribution is 9.10. The van der Waals surface area contributed by atoms with Crippen molar-refractivity contribution in [1.29, 1.82) is 0 Å². The summed E-state index contributed by atoms with van der Waals surface area (Å²) in [6, 6.07) is 9.14. The van der Waals surface area contributed by atoms with Crippen LogP contribution in [0.2, 0.25) is 0 Å². The lowest BCUT2D eigenvalue weighted by atomic mass is 10.4. The Balaban J connectivity index is 0.000000218. The Morgan fingerprint density at radius 2 is 1.55 bits per heavy atom. The van der Waals surface area contributed by atoms with E-state index in [4.69, 9.17) is 4.79 Å². The van der Waals surface area contributed by atoms with Crippen molar-refractivity contribution in [3.63, 3.8) is 0 Å². The lowest BCUT2D eigenvalue weighted by Gasteiger charge is -1.80. The van der Waals surface area contributed by atoms with Crippen molar-refractivity contribution in [3.05, 3.63) is 34.8 Å². The van der Waals surface area contributed by atoms with Gasteiger partial charge in [-0.25, -0.2) is 4.79 Å². The molecule has 4 heteroatoms. The van der Waals surface area contributed by atoms with Gasteiger partial charge in [-0.1, -0.05) is 34.1 Å². The van der Waals surface area contributed by atoms with Crippen molar-refractivity contribution >= 4 is 22.0 Å².